The molecule has 0 fully saturated rings. The average molecular weight is 449 g/mol. The number of benzene rings is 2. The third kappa shape index (κ3) is 4.42. The first-order valence-electron chi connectivity index (χ1n) is 8.60. The fourth-order valence-electron chi connectivity index (χ4n) is 2.52. The Kier molecular flexibility index (Phi) is 5.72. The first-order chi connectivity index (χ1) is 12.8. The molecule has 0 aliphatic rings. The van der Waals surface area contributed by atoms with Gasteiger partial charge in [-0.1, -0.05) is 47.5 Å². The van der Waals surface area contributed by atoms with Gasteiger partial charge in [0, 0.05) is 16.6 Å². The van der Waals surface area contributed by atoms with Gasteiger partial charge in [-0.05, 0) is 49.2 Å². The van der Waals surface area contributed by atoms with E-state index < -0.39 is 9.84 Å². The number of nitrogens with one attached hydrogen (secondary N) is 1. The molecule has 0 amide bonds. The lowest BCUT2D eigenvalue weighted by Gasteiger charge is -2.08. The summed E-state index contributed by atoms with van der Waals surface area (Å²) in [6.45, 7) is 6.61. The van der Waals surface area contributed by atoms with Gasteiger partial charge in [0.2, 0.25) is 26.6 Å². The Labute approximate surface area is 167 Å². The van der Waals surface area contributed by atoms with Gasteiger partial charge in [0.05, 0.1) is 4.90 Å². The van der Waals surface area contributed by atoms with Crippen LogP contribution >= 0.6 is 15.9 Å². The fourth-order valence-corrected chi connectivity index (χ4v) is 4.07. The number of sulfone groups is 1. The summed E-state index contributed by atoms with van der Waals surface area (Å²) < 4.78 is 32.9. The molecule has 1 N–H and O–H groups in total. The minimum atomic E-state index is -3.82. The maximum Gasteiger partial charge on any atom is 0.233 e. The fraction of sp³-hybridized carbons (Fsp3) is 0.250. The van der Waals surface area contributed by atoms with Crippen molar-refractivity contribution < 1.29 is 12.8 Å². The van der Waals surface area contributed by atoms with Crippen LogP contribution in [0.5, 0.6) is 0 Å². The van der Waals surface area contributed by atoms with Gasteiger partial charge in [-0.15, -0.1) is 0 Å². The van der Waals surface area contributed by atoms with Crippen LogP contribution in [0.3, 0.4) is 0 Å². The van der Waals surface area contributed by atoms with Gasteiger partial charge in [-0.25, -0.2) is 8.42 Å². The molecular weight excluding hydrogens is 428 g/mol. The highest BCUT2D eigenvalue weighted by Gasteiger charge is 2.28. The Morgan fingerprint density at radius 2 is 1.85 bits per heavy atom. The summed E-state index contributed by atoms with van der Waals surface area (Å²) in [5.41, 5.74) is 1.78. The number of hydrogen-bond donors (Lipinski definition) is 1. The minimum Gasteiger partial charge on any atom is -0.419 e. The maximum atomic E-state index is 13.1. The van der Waals surface area contributed by atoms with Crippen LogP contribution in [0.4, 0.5) is 5.88 Å². The smallest absolute Gasteiger partial charge is 0.233 e. The van der Waals surface area contributed by atoms with Crippen LogP contribution in [-0.2, 0) is 9.84 Å². The van der Waals surface area contributed by atoms with Crippen LogP contribution in [0.1, 0.15) is 19.4 Å². The molecule has 7 heteroatoms. The molecule has 3 aromatic rings. The minimum absolute atomic E-state index is 0.0954. The van der Waals surface area contributed by atoms with E-state index in [0.29, 0.717) is 12.5 Å². The summed E-state index contributed by atoms with van der Waals surface area (Å²) in [6.07, 6.45) is 0. The first-order valence-corrected chi connectivity index (χ1v) is 10.9. The average Bonchev–Trinajstić information content (AvgIpc) is 3.05. The second-order valence-corrected chi connectivity index (χ2v) is 9.54. The lowest BCUT2D eigenvalue weighted by Crippen LogP contribution is -2.11. The molecule has 142 valence electrons. The second kappa shape index (κ2) is 7.86. The molecule has 5 nitrogen and oxygen atoms in total. The topological polar surface area (TPSA) is 72.2 Å². The number of anilines is 1. The molecule has 0 atom stereocenters. The van der Waals surface area contributed by atoms with Crippen LogP contribution in [0, 0.1) is 12.8 Å². The summed E-state index contributed by atoms with van der Waals surface area (Å²) in [5.74, 6) is 0.768. The SMILES string of the molecule is Cc1cccc(-c2nc(S(=O)(=O)c3ccc(Br)cc3)c(NCC(C)C)o2)c1. The van der Waals surface area contributed by atoms with Crippen LogP contribution in [-0.4, -0.2) is 19.9 Å². The Bertz CT molecular complexity index is 1040. The molecule has 1 aromatic heterocycles. The predicted octanol–water partition coefficient (Wildman–Crippen LogP) is 5.31. The molecule has 27 heavy (non-hydrogen) atoms. The summed E-state index contributed by atoms with van der Waals surface area (Å²) in [4.78, 5) is 4.51. The number of nitrogens with zero attached hydrogens (tertiary/aromatic N) is 1. The molecule has 0 unspecified atom stereocenters. The number of aryl methyl sites for hydroxylation is 1. The van der Waals surface area contributed by atoms with Crippen molar-refractivity contribution >= 4 is 31.7 Å². The first kappa shape index (κ1) is 19.6. The second-order valence-electron chi connectivity index (χ2n) is 6.75. The highest BCUT2D eigenvalue weighted by atomic mass is 79.9. The summed E-state index contributed by atoms with van der Waals surface area (Å²) in [7, 11) is -3.82. The van der Waals surface area contributed by atoms with Crippen LogP contribution in [0.25, 0.3) is 11.5 Å². The molecule has 1 heterocycles. The monoisotopic (exact) mass is 448 g/mol. The van der Waals surface area contributed by atoms with E-state index in [0.717, 1.165) is 15.6 Å². The van der Waals surface area contributed by atoms with E-state index in [9.17, 15) is 8.42 Å². The summed E-state index contributed by atoms with van der Waals surface area (Å²) >= 11 is 3.32. The van der Waals surface area contributed by atoms with Crippen LogP contribution < -0.4 is 5.32 Å². The molecule has 0 radical (unpaired) electrons. The normalized spacial score (nSPS) is 11.7. The van der Waals surface area contributed by atoms with Crippen LogP contribution in [0.2, 0.25) is 0 Å². The number of hydrogen-bond acceptors (Lipinski definition) is 5. The molecule has 0 spiro atoms. The lowest BCUT2D eigenvalue weighted by atomic mass is 10.1. The molecule has 0 aliphatic carbocycles. The highest BCUT2D eigenvalue weighted by molar-refractivity contribution is 9.10. The van der Waals surface area contributed by atoms with E-state index in [1.165, 1.54) is 0 Å². The van der Waals surface area contributed by atoms with Crippen molar-refractivity contribution in [3.63, 3.8) is 0 Å². The van der Waals surface area contributed by atoms with Crippen molar-refractivity contribution in [1.29, 1.82) is 0 Å². The van der Waals surface area contributed by atoms with Gasteiger partial charge in [-0.2, -0.15) is 4.98 Å². The Hall–Kier alpha value is -2.12. The Morgan fingerprint density at radius 3 is 2.48 bits per heavy atom. The van der Waals surface area contributed by atoms with Gasteiger partial charge in [-0.3, -0.25) is 0 Å². The van der Waals surface area contributed by atoms with Crippen molar-refractivity contribution in [3.8, 4) is 11.5 Å². The molecule has 0 bridgehead atoms. The van der Waals surface area contributed by atoms with E-state index in [4.69, 9.17) is 4.42 Å². The zero-order valence-corrected chi connectivity index (χ0v) is 17.8. The molecular formula is C20H21BrN2O3S. The lowest BCUT2D eigenvalue weighted by molar-refractivity contribution is 0.567. The van der Waals surface area contributed by atoms with E-state index in [1.807, 2.05) is 45.0 Å². The maximum absolute atomic E-state index is 13.1. The third-order valence-corrected chi connectivity index (χ3v) is 6.12. The third-order valence-electron chi connectivity index (χ3n) is 3.91. The Balaban J connectivity index is 2.10. The molecule has 2 aromatic carbocycles. The van der Waals surface area contributed by atoms with Crippen molar-refractivity contribution in [2.24, 2.45) is 5.92 Å². The highest BCUT2D eigenvalue weighted by Crippen LogP contribution is 2.33. The van der Waals surface area contributed by atoms with Crippen molar-refractivity contribution in [2.45, 2.75) is 30.7 Å². The van der Waals surface area contributed by atoms with Crippen molar-refractivity contribution in [1.82, 2.24) is 4.98 Å². The van der Waals surface area contributed by atoms with E-state index in [1.54, 1.807) is 24.3 Å². The zero-order chi connectivity index (χ0) is 19.6. The number of halogens is 1. The molecule has 3 rings (SSSR count). The standard InChI is InChI=1S/C20H21BrN2O3S/c1-13(2)12-22-19-20(27(24,25)17-9-7-16(21)8-10-17)23-18(26-19)15-6-4-5-14(3)11-15/h4-11,13,22H,12H2,1-3H3. The van der Waals surface area contributed by atoms with Gasteiger partial charge < -0.3 is 9.73 Å². The van der Waals surface area contributed by atoms with Gasteiger partial charge >= 0.3 is 0 Å². The quantitative estimate of drug-likeness (QED) is 0.552. The largest absolute Gasteiger partial charge is 0.419 e. The van der Waals surface area contributed by atoms with E-state index in [2.05, 4.69) is 26.2 Å². The number of aromatic nitrogens is 1. The zero-order valence-electron chi connectivity index (χ0n) is 15.4. The van der Waals surface area contributed by atoms with Gasteiger partial charge in [0.15, 0.2) is 0 Å². The van der Waals surface area contributed by atoms with Crippen molar-refractivity contribution in [2.75, 3.05) is 11.9 Å². The van der Waals surface area contributed by atoms with Crippen molar-refractivity contribution in [3.05, 3.63) is 58.6 Å². The Morgan fingerprint density at radius 1 is 1.15 bits per heavy atom. The van der Waals surface area contributed by atoms with E-state index >= 15 is 0 Å². The molecule has 0 aliphatic heterocycles. The predicted molar refractivity (Wildman–Crippen MR) is 110 cm³/mol. The summed E-state index contributed by atoms with van der Waals surface area (Å²) in [5, 5.41) is 2.99. The van der Waals surface area contributed by atoms with Crippen LogP contribution in [0.15, 0.2) is 67.3 Å². The number of oxazole rings is 1. The molecule has 0 saturated heterocycles. The van der Waals surface area contributed by atoms with Gasteiger partial charge in [0.25, 0.3) is 0 Å². The molecule has 0 saturated carbocycles. The summed E-state index contributed by atoms with van der Waals surface area (Å²) in [6, 6.07) is 14.1. The number of rotatable bonds is 6. The van der Waals surface area contributed by atoms with Gasteiger partial charge in [0.1, 0.15) is 0 Å². The van der Waals surface area contributed by atoms with E-state index in [-0.39, 0.29) is 21.7 Å².